The van der Waals surface area contributed by atoms with Gasteiger partial charge in [-0.25, -0.2) is 4.99 Å². The Bertz CT molecular complexity index is 1080. The predicted octanol–water partition coefficient (Wildman–Crippen LogP) is 4.62. The minimum absolute atomic E-state index is 0.339. The zero-order valence-corrected chi connectivity index (χ0v) is 17.9. The third-order valence-corrected chi connectivity index (χ3v) is 5.28. The summed E-state index contributed by atoms with van der Waals surface area (Å²) in [5.74, 6) is 2.64. The van der Waals surface area contributed by atoms with Gasteiger partial charge >= 0.3 is 0 Å². The molecule has 0 fully saturated rings. The van der Waals surface area contributed by atoms with E-state index in [-0.39, 0.29) is 0 Å². The van der Waals surface area contributed by atoms with Crippen molar-refractivity contribution in [2.75, 3.05) is 26.1 Å². The average molecular weight is 418 g/mol. The minimum atomic E-state index is 0.339. The molecular formula is C25H27N3O3. The second-order valence-electron chi connectivity index (χ2n) is 7.37. The maximum atomic E-state index is 6.06. The summed E-state index contributed by atoms with van der Waals surface area (Å²) in [7, 11) is 3.20. The SMILES string of the molecule is COc1ccc(NC(N)=NCc2ccc(-c3ccc4c(c3)CCCO4)cc2)cc1OC. The van der Waals surface area contributed by atoms with E-state index >= 15 is 0 Å². The van der Waals surface area contributed by atoms with Crippen LogP contribution in [-0.2, 0) is 13.0 Å². The van der Waals surface area contributed by atoms with Crippen LogP contribution in [0.1, 0.15) is 17.5 Å². The van der Waals surface area contributed by atoms with Crippen molar-refractivity contribution in [3.05, 3.63) is 71.8 Å². The molecule has 0 saturated heterocycles. The molecule has 0 aliphatic carbocycles. The van der Waals surface area contributed by atoms with Crippen LogP contribution in [0.4, 0.5) is 5.69 Å². The summed E-state index contributed by atoms with van der Waals surface area (Å²) >= 11 is 0. The molecule has 0 radical (unpaired) electrons. The number of nitrogens with zero attached hydrogens (tertiary/aromatic N) is 1. The van der Waals surface area contributed by atoms with Crippen LogP contribution in [-0.4, -0.2) is 26.8 Å². The molecule has 0 unspecified atom stereocenters. The molecular weight excluding hydrogens is 390 g/mol. The molecule has 0 aromatic heterocycles. The first kappa shape index (κ1) is 20.6. The lowest BCUT2D eigenvalue weighted by Gasteiger charge is -2.18. The molecule has 6 nitrogen and oxygen atoms in total. The molecule has 3 aromatic carbocycles. The summed E-state index contributed by atoms with van der Waals surface area (Å²) in [6, 6.07) is 20.3. The monoisotopic (exact) mass is 417 g/mol. The van der Waals surface area contributed by atoms with Crippen molar-refractivity contribution in [2.45, 2.75) is 19.4 Å². The lowest BCUT2D eigenvalue weighted by Crippen LogP contribution is -2.22. The lowest BCUT2D eigenvalue weighted by atomic mass is 9.98. The molecule has 31 heavy (non-hydrogen) atoms. The fraction of sp³-hybridized carbons (Fsp3) is 0.240. The Balaban J connectivity index is 1.40. The quantitative estimate of drug-likeness (QED) is 0.452. The molecule has 0 amide bonds. The second-order valence-corrected chi connectivity index (χ2v) is 7.37. The Labute approximate surface area is 182 Å². The van der Waals surface area contributed by atoms with E-state index in [9.17, 15) is 0 Å². The molecule has 3 N–H and O–H groups in total. The van der Waals surface area contributed by atoms with E-state index in [1.807, 2.05) is 18.2 Å². The summed E-state index contributed by atoms with van der Waals surface area (Å²) in [5.41, 5.74) is 11.6. The molecule has 6 heteroatoms. The minimum Gasteiger partial charge on any atom is -0.493 e. The van der Waals surface area contributed by atoms with Crippen molar-refractivity contribution >= 4 is 11.6 Å². The van der Waals surface area contributed by atoms with Gasteiger partial charge in [-0.2, -0.15) is 0 Å². The molecule has 1 aliphatic heterocycles. The van der Waals surface area contributed by atoms with Gasteiger partial charge in [0, 0.05) is 11.8 Å². The maximum absolute atomic E-state index is 6.06. The molecule has 4 rings (SSSR count). The molecule has 3 aromatic rings. The van der Waals surface area contributed by atoms with Crippen LogP contribution >= 0.6 is 0 Å². The zero-order valence-electron chi connectivity index (χ0n) is 17.9. The molecule has 0 saturated carbocycles. The number of aryl methyl sites for hydroxylation is 1. The van der Waals surface area contributed by atoms with E-state index in [0.29, 0.717) is 24.0 Å². The van der Waals surface area contributed by atoms with Crippen molar-refractivity contribution in [2.24, 2.45) is 10.7 Å². The van der Waals surface area contributed by atoms with Crippen molar-refractivity contribution in [3.8, 4) is 28.4 Å². The summed E-state index contributed by atoms with van der Waals surface area (Å²) in [4.78, 5) is 4.44. The number of ether oxygens (including phenoxy) is 3. The van der Waals surface area contributed by atoms with Gasteiger partial charge in [0.25, 0.3) is 0 Å². The van der Waals surface area contributed by atoms with Gasteiger partial charge in [-0.15, -0.1) is 0 Å². The summed E-state index contributed by atoms with van der Waals surface area (Å²) in [5, 5.41) is 3.08. The van der Waals surface area contributed by atoms with E-state index in [4.69, 9.17) is 19.9 Å². The number of guanidine groups is 1. The summed E-state index contributed by atoms with van der Waals surface area (Å²) in [6.45, 7) is 1.30. The van der Waals surface area contributed by atoms with Crippen molar-refractivity contribution in [3.63, 3.8) is 0 Å². The highest BCUT2D eigenvalue weighted by molar-refractivity contribution is 5.92. The van der Waals surface area contributed by atoms with Crippen LogP contribution in [0.3, 0.4) is 0 Å². The number of rotatable bonds is 6. The third kappa shape index (κ3) is 4.91. The van der Waals surface area contributed by atoms with Gasteiger partial charge in [0.1, 0.15) is 5.75 Å². The van der Waals surface area contributed by atoms with E-state index in [1.54, 1.807) is 14.2 Å². The number of hydrogen-bond acceptors (Lipinski definition) is 4. The summed E-state index contributed by atoms with van der Waals surface area (Å²) in [6.07, 6.45) is 2.15. The number of nitrogens with one attached hydrogen (secondary N) is 1. The van der Waals surface area contributed by atoms with Gasteiger partial charge in [-0.05, 0) is 59.4 Å². The fourth-order valence-corrected chi connectivity index (χ4v) is 3.62. The third-order valence-electron chi connectivity index (χ3n) is 5.28. The van der Waals surface area contributed by atoms with Crippen LogP contribution in [0.25, 0.3) is 11.1 Å². The smallest absolute Gasteiger partial charge is 0.193 e. The lowest BCUT2D eigenvalue weighted by molar-refractivity contribution is 0.288. The van der Waals surface area contributed by atoms with Crippen molar-refractivity contribution in [1.29, 1.82) is 0 Å². The largest absolute Gasteiger partial charge is 0.493 e. The number of fused-ring (bicyclic) bond motifs is 1. The van der Waals surface area contributed by atoms with Crippen LogP contribution in [0, 0.1) is 0 Å². The molecule has 1 heterocycles. The zero-order chi connectivity index (χ0) is 21.6. The van der Waals surface area contributed by atoms with Gasteiger partial charge in [-0.3, -0.25) is 0 Å². The Hall–Kier alpha value is -3.67. The number of anilines is 1. The Morgan fingerprint density at radius 1 is 0.968 bits per heavy atom. The number of methoxy groups -OCH3 is 2. The van der Waals surface area contributed by atoms with Crippen LogP contribution < -0.4 is 25.3 Å². The number of nitrogens with two attached hydrogens (primary N) is 1. The molecule has 160 valence electrons. The van der Waals surface area contributed by atoms with Gasteiger partial charge < -0.3 is 25.3 Å². The Morgan fingerprint density at radius 3 is 2.52 bits per heavy atom. The molecule has 0 bridgehead atoms. The highest BCUT2D eigenvalue weighted by Gasteiger charge is 2.11. The Kier molecular flexibility index (Phi) is 6.26. The van der Waals surface area contributed by atoms with Crippen molar-refractivity contribution in [1.82, 2.24) is 0 Å². The second kappa shape index (κ2) is 9.43. The van der Waals surface area contributed by atoms with Crippen LogP contribution in [0.5, 0.6) is 17.2 Å². The standard InChI is InChI=1S/C25H27N3O3/c1-29-23-12-10-21(15-24(23)30-2)28-25(26)27-16-17-5-7-18(8-6-17)19-9-11-22-20(14-19)4-3-13-31-22/h5-12,14-15H,3-4,13,16H2,1-2H3,(H3,26,27,28). The number of hydrogen-bond donors (Lipinski definition) is 2. The highest BCUT2D eigenvalue weighted by atomic mass is 16.5. The van der Waals surface area contributed by atoms with Gasteiger partial charge in [0.2, 0.25) is 0 Å². The van der Waals surface area contributed by atoms with E-state index < -0.39 is 0 Å². The normalized spacial score (nSPS) is 13.2. The average Bonchev–Trinajstić information content (AvgIpc) is 2.82. The van der Waals surface area contributed by atoms with E-state index in [1.165, 1.54) is 16.7 Å². The van der Waals surface area contributed by atoms with Gasteiger partial charge in [0.15, 0.2) is 17.5 Å². The van der Waals surface area contributed by atoms with Gasteiger partial charge in [0.05, 0.1) is 27.4 Å². The van der Waals surface area contributed by atoms with Crippen LogP contribution in [0.2, 0.25) is 0 Å². The first-order valence-corrected chi connectivity index (χ1v) is 10.3. The predicted molar refractivity (Wildman–Crippen MR) is 124 cm³/mol. The van der Waals surface area contributed by atoms with Crippen LogP contribution in [0.15, 0.2) is 65.7 Å². The maximum Gasteiger partial charge on any atom is 0.193 e. The molecule has 1 aliphatic rings. The van der Waals surface area contributed by atoms with Gasteiger partial charge in [-0.1, -0.05) is 30.3 Å². The van der Waals surface area contributed by atoms with E-state index in [0.717, 1.165) is 36.4 Å². The Morgan fingerprint density at radius 2 is 1.74 bits per heavy atom. The first-order valence-electron chi connectivity index (χ1n) is 10.3. The number of aliphatic imine (C=N–C) groups is 1. The summed E-state index contributed by atoms with van der Waals surface area (Å²) < 4.78 is 16.3. The highest BCUT2D eigenvalue weighted by Crippen LogP contribution is 2.31. The van der Waals surface area contributed by atoms with Crippen molar-refractivity contribution < 1.29 is 14.2 Å². The fourth-order valence-electron chi connectivity index (χ4n) is 3.62. The molecule has 0 atom stereocenters. The molecule has 0 spiro atoms. The number of benzene rings is 3. The van der Waals surface area contributed by atoms with E-state index in [2.05, 4.69) is 52.8 Å². The first-order chi connectivity index (χ1) is 15.2. The topological polar surface area (TPSA) is 78.1 Å².